The van der Waals surface area contributed by atoms with Gasteiger partial charge in [0.2, 0.25) is 0 Å². The maximum absolute atomic E-state index is 6.06. The van der Waals surface area contributed by atoms with E-state index in [1.54, 1.807) is 0 Å². The van der Waals surface area contributed by atoms with Crippen molar-refractivity contribution in [1.82, 2.24) is 9.80 Å². The van der Waals surface area contributed by atoms with Gasteiger partial charge in [0.25, 0.3) is 0 Å². The third-order valence-electron chi connectivity index (χ3n) is 5.08. The number of hydrogen-bond donors (Lipinski definition) is 1. The molecule has 0 saturated carbocycles. The van der Waals surface area contributed by atoms with Crippen LogP contribution in [-0.2, 0) is 4.74 Å². The van der Waals surface area contributed by atoms with Crippen LogP contribution in [0.3, 0.4) is 0 Å². The van der Waals surface area contributed by atoms with Gasteiger partial charge in [-0.3, -0.25) is 9.80 Å². The Balaban J connectivity index is 1.84. The first-order valence-electron chi connectivity index (χ1n) is 8.02. The summed E-state index contributed by atoms with van der Waals surface area (Å²) < 4.78 is 5.48. The summed E-state index contributed by atoms with van der Waals surface area (Å²) in [6.45, 7) is 12.0. The summed E-state index contributed by atoms with van der Waals surface area (Å²) in [7, 11) is 0. The normalized spacial score (nSPS) is 27.3. The van der Waals surface area contributed by atoms with E-state index in [4.69, 9.17) is 10.5 Å². The summed E-state index contributed by atoms with van der Waals surface area (Å²) in [5, 5.41) is 0. The Bertz CT molecular complexity index is 248. The van der Waals surface area contributed by atoms with Crippen LogP contribution in [0, 0.1) is 5.92 Å². The zero-order valence-electron chi connectivity index (χ0n) is 12.7. The van der Waals surface area contributed by atoms with Gasteiger partial charge < -0.3 is 10.5 Å². The van der Waals surface area contributed by atoms with Gasteiger partial charge in [0, 0.05) is 58.0 Å². The predicted molar refractivity (Wildman–Crippen MR) is 79.3 cm³/mol. The van der Waals surface area contributed by atoms with E-state index in [9.17, 15) is 0 Å². The Labute approximate surface area is 118 Å². The summed E-state index contributed by atoms with van der Waals surface area (Å²) in [6.07, 6.45) is 3.63. The molecule has 0 aromatic heterocycles. The molecule has 2 heterocycles. The molecule has 4 nitrogen and oxygen atoms in total. The number of rotatable bonds is 5. The summed E-state index contributed by atoms with van der Waals surface area (Å²) in [6, 6.07) is 1.30. The molecule has 2 aliphatic rings. The molecular formula is C15H31N3O. The zero-order valence-corrected chi connectivity index (χ0v) is 12.7. The van der Waals surface area contributed by atoms with Crippen molar-refractivity contribution in [3.8, 4) is 0 Å². The molecule has 2 rings (SSSR count). The Morgan fingerprint density at radius 2 is 1.68 bits per heavy atom. The molecule has 0 radical (unpaired) electrons. The van der Waals surface area contributed by atoms with Crippen LogP contribution in [0.1, 0.15) is 33.1 Å². The molecule has 0 amide bonds. The molecule has 4 heteroatoms. The maximum Gasteiger partial charge on any atom is 0.0469 e. The quantitative estimate of drug-likeness (QED) is 0.813. The molecule has 2 unspecified atom stereocenters. The molecule has 2 aliphatic heterocycles. The SMILES string of the molecule is CCC(C)N1CCN(C(CN)C2CCOCC2)CC1. The standard InChI is InChI=1S/C15H31N3O/c1-3-13(2)17-6-8-18(9-7-17)15(12-16)14-4-10-19-11-5-14/h13-15H,3-12,16H2,1-2H3. The molecule has 0 aromatic carbocycles. The van der Waals surface area contributed by atoms with Crippen molar-refractivity contribution in [3.63, 3.8) is 0 Å². The summed E-state index contributed by atoms with van der Waals surface area (Å²) in [4.78, 5) is 5.25. The van der Waals surface area contributed by atoms with E-state index >= 15 is 0 Å². The molecule has 19 heavy (non-hydrogen) atoms. The lowest BCUT2D eigenvalue weighted by molar-refractivity contribution is 0.00681. The number of piperazine rings is 1. The second-order valence-corrected chi connectivity index (χ2v) is 6.08. The topological polar surface area (TPSA) is 41.7 Å². The van der Waals surface area contributed by atoms with Crippen LogP contribution in [0.15, 0.2) is 0 Å². The molecular weight excluding hydrogens is 238 g/mol. The average molecular weight is 269 g/mol. The Hall–Kier alpha value is -0.160. The second kappa shape index (κ2) is 7.58. The Morgan fingerprint density at radius 1 is 1.11 bits per heavy atom. The second-order valence-electron chi connectivity index (χ2n) is 6.08. The largest absolute Gasteiger partial charge is 0.381 e. The monoisotopic (exact) mass is 269 g/mol. The van der Waals surface area contributed by atoms with Crippen LogP contribution in [-0.4, -0.2) is 67.8 Å². The van der Waals surface area contributed by atoms with E-state index in [1.807, 2.05) is 0 Å². The smallest absolute Gasteiger partial charge is 0.0469 e. The Kier molecular flexibility index (Phi) is 6.07. The highest BCUT2D eigenvalue weighted by Gasteiger charge is 2.30. The number of ether oxygens (including phenoxy) is 1. The molecule has 2 atom stereocenters. The lowest BCUT2D eigenvalue weighted by Gasteiger charge is -2.44. The fourth-order valence-corrected chi connectivity index (χ4v) is 3.51. The van der Waals surface area contributed by atoms with Crippen LogP contribution >= 0.6 is 0 Å². The van der Waals surface area contributed by atoms with Gasteiger partial charge in [0.05, 0.1) is 0 Å². The highest BCUT2D eigenvalue weighted by atomic mass is 16.5. The molecule has 0 bridgehead atoms. The molecule has 2 N–H and O–H groups in total. The van der Waals surface area contributed by atoms with E-state index in [0.717, 1.165) is 31.7 Å². The van der Waals surface area contributed by atoms with Crippen molar-refractivity contribution in [3.05, 3.63) is 0 Å². The van der Waals surface area contributed by atoms with Crippen LogP contribution in [0.5, 0.6) is 0 Å². The van der Waals surface area contributed by atoms with E-state index in [-0.39, 0.29) is 0 Å². The Morgan fingerprint density at radius 3 is 2.21 bits per heavy atom. The van der Waals surface area contributed by atoms with Crippen LogP contribution < -0.4 is 5.73 Å². The number of nitrogens with zero attached hydrogens (tertiary/aromatic N) is 2. The number of nitrogens with two attached hydrogens (primary N) is 1. The van der Waals surface area contributed by atoms with E-state index < -0.39 is 0 Å². The van der Waals surface area contributed by atoms with Crippen molar-refractivity contribution < 1.29 is 4.74 Å². The van der Waals surface area contributed by atoms with E-state index in [1.165, 1.54) is 45.4 Å². The third kappa shape index (κ3) is 3.91. The van der Waals surface area contributed by atoms with E-state index in [2.05, 4.69) is 23.6 Å². The highest BCUT2D eigenvalue weighted by molar-refractivity contribution is 4.86. The molecule has 0 spiro atoms. The van der Waals surface area contributed by atoms with Crippen LogP contribution in [0.25, 0.3) is 0 Å². The molecule has 112 valence electrons. The molecule has 0 aliphatic carbocycles. The fourth-order valence-electron chi connectivity index (χ4n) is 3.51. The van der Waals surface area contributed by atoms with Gasteiger partial charge >= 0.3 is 0 Å². The van der Waals surface area contributed by atoms with Gasteiger partial charge in [-0.15, -0.1) is 0 Å². The van der Waals surface area contributed by atoms with Crippen molar-refractivity contribution in [2.24, 2.45) is 11.7 Å². The maximum atomic E-state index is 6.06. The fraction of sp³-hybridized carbons (Fsp3) is 1.00. The van der Waals surface area contributed by atoms with Gasteiger partial charge in [0.15, 0.2) is 0 Å². The average Bonchev–Trinajstić information content (AvgIpc) is 2.49. The predicted octanol–water partition coefficient (Wildman–Crippen LogP) is 1.16. The minimum absolute atomic E-state index is 0.572. The third-order valence-corrected chi connectivity index (χ3v) is 5.08. The molecule has 0 aromatic rings. The van der Waals surface area contributed by atoms with Gasteiger partial charge in [-0.2, -0.15) is 0 Å². The van der Waals surface area contributed by atoms with Gasteiger partial charge in [-0.05, 0) is 32.1 Å². The minimum Gasteiger partial charge on any atom is -0.381 e. The van der Waals surface area contributed by atoms with Gasteiger partial charge in [-0.25, -0.2) is 0 Å². The summed E-state index contributed by atoms with van der Waals surface area (Å²) in [5.74, 6) is 0.744. The van der Waals surface area contributed by atoms with Crippen LogP contribution in [0.4, 0.5) is 0 Å². The highest BCUT2D eigenvalue weighted by Crippen LogP contribution is 2.23. The van der Waals surface area contributed by atoms with Crippen molar-refractivity contribution >= 4 is 0 Å². The minimum atomic E-state index is 0.572. The molecule has 2 saturated heterocycles. The van der Waals surface area contributed by atoms with Crippen LogP contribution in [0.2, 0.25) is 0 Å². The number of hydrogen-bond acceptors (Lipinski definition) is 4. The lowest BCUT2D eigenvalue weighted by Crippen LogP contribution is -2.56. The first-order chi connectivity index (χ1) is 9.26. The first-order valence-corrected chi connectivity index (χ1v) is 8.02. The van der Waals surface area contributed by atoms with E-state index in [0.29, 0.717) is 6.04 Å². The van der Waals surface area contributed by atoms with Crippen molar-refractivity contribution in [2.75, 3.05) is 45.9 Å². The summed E-state index contributed by atoms with van der Waals surface area (Å²) >= 11 is 0. The van der Waals surface area contributed by atoms with Crippen molar-refractivity contribution in [2.45, 2.75) is 45.2 Å². The van der Waals surface area contributed by atoms with Gasteiger partial charge in [0.1, 0.15) is 0 Å². The molecule has 2 fully saturated rings. The summed E-state index contributed by atoms with van der Waals surface area (Å²) in [5.41, 5.74) is 6.06. The lowest BCUT2D eigenvalue weighted by atomic mass is 9.90. The first kappa shape index (κ1) is 15.2. The van der Waals surface area contributed by atoms with Crippen molar-refractivity contribution in [1.29, 1.82) is 0 Å². The zero-order chi connectivity index (χ0) is 13.7. The van der Waals surface area contributed by atoms with Gasteiger partial charge in [-0.1, -0.05) is 6.92 Å².